The second-order valence-corrected chi connectivity index (χ2v) is 9.59. The predicted molar refractivity (Wildman–Crippen MR) is 152 cm³/mol. The lowest BCUT2D eigenvalue weighted by molar-refractivity contribution is -0.138. The van der Waals surface area contributed by atoms with Crippen LogP contribution in [0.1, 0.15) is 26.5 Å². The average Bonchev–Trinajstić information content (AvgIpc) is 2.94. The summed E-state index contributed by atoms with van der Waals surface area (Å²) in [6.45, 7) is 8.51. The molecule has 0 unspecified atom stereocenters. The number of alkyl carbamates (subject to hydrolysis) is 1. The van der Waals surface area contributed by atoms with E-state index >= 15 is 0 Å². The third kappa shape index (κ3) is 7.17. The van der Waals surface area contributed by atoms with E-state index in [0.29, 0.717) is 30.0 Å². The number of guanidine groups is 1. The Morgan fingerprint density at radius 3 is 2.52 bits per heavy atom. The zero-order valence-corrected chi connectivity index (χ0v) is 23.1. The number of halogens is 1. The van der Waals surface area contributed by atoms with Gasteiger partial charge in [-0.05, 0) is 56.7 Å². The summed E-state index contributed by atoms with van der Waals surface area (Å²) >= 11 is 0. The molecule has 2 amide bonds. The van der Waals surface area contributed by atoms with Gasteiger partial charge in [0.25, 0.3) is 0 Å². The SMILES string of the molecule is CCOC(=O)NC(=NC)Nc1ccc(-c2ccc(CN3CCN(C(C)C)C(=O)C3)nc2)cc1-c1ccc(F)cn1. The van der Waals surface area contributed by atoms with Gasteiger partial charge in [-0.2, -0.15) is 0 Å². The van der Waals surface area contributed by atoms with E-state index in [0.717, 1.165) is 36.1 Å². The number of aromatic nitrogens is 2. The molecule has 1 saturated heterocycles. The quantitative estimate of drug-likeness (QED) is 0.338. The largest absolute Gasteiger partial charge is 0.450 e. The van der Waals surface area contributed by atoms with Gasteiger partial charge in [0.05, 0.1) is 36.4 Å². The van der Waals surface area contributed by atoms with Crippen molar-refractivity contribution in [2.75, 3.05) is 38.6 Å². The Kier molecular flexibility index (Phi) is 9.39. The maximum atomic E-state index is 13.6. The van der Waals surface area contributed by atoms with Gasteiger partial charge < -0.3 is 15.0 Å². The minimum Gasteiger partial charge on any atom is -0.450 e. The fourth-order valence-corrected chi connectivity index (χ4v) is 4.45. The summed E-state index contributed by atoms with van der Waals surface area (Å²) in [4.78, 5) is 41.3. The van der Waals surface area contributed by atoms with Gasteiger partial charge >= 0.3 is 6.09 Å². The molecule has 210 valence electrons. The first-order valence-electron chi connectivity index (χ1n) is 13.2. The van der Waals surface area contributed by atoms with Crippen LogP contribution in [0.2, 0.25) is 0 Å². The van der Waals surface area contributed by atoms with Gasteiger partial charge in [-0.1, -0.05) is 12.1 Å². The number of benzene rings is 1. The van der Waals surface area contributed by atoms with Crippen LogP contribution in [-0.4, -0.2) is 77.1 Å². The zero-order chi connectivity index (χ0) is 28.6. The number of nitrogens with one attached hydrogen (secondary N) is 2. The van der Waals surface area contributed by atoms with Crippen molar-refractivity contribution in [1.82, 2.24) is 25.1 Å². The lowest BCUT2D eigenvalue weighted by Gasteiger charge is -2.36. The summed E-state index contributed by atoms with van der Waals surface area (Å²) < 4.78 is 18.6. The van der Waals surface area contributed by atoms with Crippen LogP contribution < -0.4 is 10.6 Å². The molecule has 0 saturated carbocycles. The first kappa shape index (κ1) is 28.6. The third-order valence-electron chi connectivity index (χ3n) is 6.50. The minimum absolute atomic E-state index is 0.141. The molecule has 40 heavy (non-hydrogen) atoms. The molecule has 0 aliphatic carbocycles. The standard InChI is InChI=1S/C29H34FN7O3/c1-5-40-29(39)35-28(31-4)34-26-10-7-20(14-24(26)25-11-8-22(30)16-33-25)21-6-9-23(32-15-21)17-36-12-13-37(19(2)3)27(38)18-36/h6-11,14-16,19H,5,12-13,17-18H2,1-4H3,(H2,31,34,35,39). The average molecular weight is 548 g/mol. The molecule has 4 rings (SSSR count). The number of hydrogen-bond donors (Lipinski definition) is 2. The smallest absolute Gasteiger partial charge is 0.413 e. The van der Waals surface area contributed by atoms with Crippen molar-refractivity contribution in [3.05, 3.63) is 66.4 Å². The maximum Gasteiger partial charge on any atom is 0.413 e. The number of carbonyl (C=O) groups excluding carboxylic acids is 2. The summed E-state index contributed by atoms with van der Waals surface area (Å²) in [7, 11) is 1.53. The summed E-state index contributed by atoms with van der Waals surface area (Å²) in [6.07, 6.45) is 2.32. The van der Waals surface area contributed by atoms with Gasteiger partial charge in [-0.3, -0.25) is 30.0 Å². The van der Waals surface area contributed by atoms with Crippen molar-refractivity contribution in [2.24, 2.45) is 4.99 Å². The molecule has 2 aromatic heterocycles. The van der Waals surface area contributed by atoms with E-state index in [2.05, 4.69) is 30.5 Å². The highest BCUT2D eigenvalue weighted by molar-refractivity contribution is 6.04. The van der Waals surface area contributed by atoms with Gasteiger partial charge in [0.2, 0.25) is 11.9 Å². The highest BCUT2D eigenvalue weighted by Crippen LogP contribution is 2.32. The fourth-order valence-electron chi connectivity index (χ4n) is 4.45. The summed E-state index contributed by atoms with van der Waals surface area (Å²) in [5, 5.41) is 5.66. The molecule has 1 fully saturated rings. The highest BCUT2D eigenvalue weighted by Gasteiger charge is 2.25. The topological polar surface area (TPSA) is 112 Å². The number of anilines is 1. The third-order valence-corrected chi connectivity index (χ3v) is 6.50. The molecule has 10 nitrogen and oxygen atoms in total. The number of piperazine rings is 1. The van der Waals surface area contributed by atoms with E-state index in [1.165, 1.54) is 13.1 Å². The molecule has 3 aromatic rings. The Balaban J connectivity index is 1.55. The molecule has 0 spiro atoms. The molecule has 11 heteroatoms. The number of rotatable bonds is 7. The molecular weight excluding hydrogens is 513 g/mol. The fraction of sp³-hybridized carbons (Fsp3) is 0.345. The number of hydrogen-bond acceptors (Lipinski definition) is 7. The summed E-state index contributed by atoms with van der Waals surface area (Å²) in [5.41, 5.74) is 4.45. The van der Waals surface area contributed by atoms with E-state index in [9.17, 15) is 14.0 Å². The van der Waals surface area contributed by atoms with E-state index in [1.807, 2.05) is 49.1 Å². The molecular formula is C29H34FN7O3. The predicted octanol–water partition coefficient (Wildman–Crippen LogP) is 4.15. The van der Waals surface area contributed by atoms with E-state index in [-0.39, 0.29) is 24.5 Å². The molecule has 0 bridgehead atoms. The maximum absolute atomic E-state index is 13.6. The Morgan fingerprint density at radius 1 is 1.10 bits per heavy atom. The molecule has 1 aliphatic heterocycles. The second kappa shape index (κ2) is 13.1. The minimum atomic E-state index is -0.633. The van der Waals surface area contributed by atoms with Crippen LogP contribution in [0.25, 0.3) is 22.4 Å². The Hall–Kier alpha value is -4.38. The first-order chi connectivity index (χ1) is 19.3. The Labute approximate surface area is 233 Å². The molecule has 1 aliphatic rings. The van der Waals surface area contributed by atoms with Crippen LogP contribution >= 0.6 is 0 Å². The Bertz CT molecular complexity index is 1360. The van der Waals surface area contributed by atoms with Gasteiger partial charge in [-0.25, -0.2) is 9.18 Å². The number of carbonyl (C=O) groups is 2. The molecule has 0 atom stereocenters. The summed E-state index contributed by atoms with van der Waals surface area (Å²) in [6, 6.07) is 12.7. The van der Waals surface area contributed by atoms with Crippen LogP contribution in [0.4, 0.5) is 14.9 Å². The number of ether oxygens (including phenoxy) is 1. The van der Waals surface area contributed by atoms with E-state index in [1.54, 1.807) is 19.2 Å². The lowest BCUT2D eigenvalue weighted by Crippen LogP contribution is -2.52. The molecule has 0 radical (unpaired) electrons. The van der Waals surface area contributed by atoms with Crippen molar-refractivity contribution in [3.63, 3.8) is 0 Å². The van der Waals surface area contributed by atoms with Gasteiger partial charge in [0.1, 0.15) is 5.82 Å². The summed E-state index contributed by atoms with van der Waals surface area (Å²) in [5.74, 6) is -0.114. The van der Waals surface area contributed by atoms with Crippen LogP contribution in [0.5, 0.6) is 0 Å². The second-order valence-electron chi connectivity index (χ2n) is 9.59. The Morgan fingerprint density at radius 2 is 1.90 bits per heavy atom. The van der Waals surface area contributed by atoms with Crippen LogP contribution in [0.3, 0.4) is 0 Å². The van der Waals surface area contributed by atoms with Crippen molar-refractivity contribution in [3.8, 4) is 22.4 Å². The normalized spacial score (nSPS) is 14.4. The number of amides is 2. The number of aliphatic imine (C=N–C) groups is 1. The first-order valence-corrected chi connectivity index (χ1v) is 13.2. The van der Waals surface area contributed by atoms with Gasteiger partial charge in [0.15, 0.2) is 0 Å². The van der Waals surface area contributed by atoms with Crippen molar-refractivity contribution in [2.45, 2.75) is 33.4 Å². The van der Waals surface area contributed by atoms with Gasteiger partial charge in [0, 0.05) is 50.0 Å². The van der Waals surface area contributed by atoms with Crippen molar-refractivity contribution in [1.29, 1.82) is 0 Å². The van der Waals surface area contributed by atoms with Crippen LogP contribution in [0.15, 0.2) is 59.9 Å². The number of nitrogens with zero attached hydrogens (tertiary/aromatic N) is 5. The highest BCUT2D eigenvalue weighted by atomic mass is 19.1. The van der Waals surface area contributed by atoms with E-state index in [4.69, 9.17) is 4.74 Å². The van der Waals surface area contributed by atoms with Crippen molar-refractivity contribution < 1.29 is 18.7 Å². The van der Waals surface area contributed by atoms with Crippen LogP contribution in [0, 0.1) is 5.82 Å². The van der Waals surface area contributed by atoms with Crippen LogP contribution in [-0.2, 0) is 16.1 Å². The number of pyridine rings is 2. The molecule has 2 N–H and O–H groups in total. The zero-order valence-electron chi connectivity index (χ0n) is 23.1. The van der Waals surface area contributed by atoms with Gasteiger partial charge in [-0.15, -0.1) is 0 Å². The monoisotopic (exact) mass is 547 g/mol. The molecule has 1 aromatic carbocycles. The van der Waals surface area contributed by atoms with Crippen molar-refractivity contribution >= 4 is 23.6 Å². The van der Waals surface area contributed by atoms with E-state index < -0.39 is 11.9 Å². The molecule has 3 heterocycles. The lowest BCUT2D eigenvalue weighted by atomic mass is 10.0.